The Morgan fingerprint density at radius 1 is 1.10 bits per heavy atom. The number of hydrogen-bond donors (Lipinski definition) is 3. The molecule has 0 saturated carbocycles. The van der Waals surface area contributed by atoms with E-state index in [0.29, 0.717) is 22.8 Å². The van der Waals surface area contributed by atoms with Crippen LogP contribution in [0, 0.1) is 18.3 Å². The van der Waals surface area contributed by atoms with Crippen LogP contribution in [-0.2, 0) is 6.54 Å². The van der Waals surface area contributed by atoms with Crippen molar-refractivity contribution in [3.05, 3.63) is 82.6 Å². The number of phenols is 1. The standard InChI is InChI=1S/C23H18ClN5O/c1-14-8-15(12-25)2-4-19(14)16-6-7-26-23(9-16)27-13-17-10-22(29-28-17)20-5-3-18(30)11-21(20)24/h2-11,30H,13H2,1H3,(H,26,27)(H,28,29). The van der Waals surface area contributed by atoms with Gasteiger partial charge in [0, 0.05) is 11.8 Å². The molecule has 0 atom stereocenters. The van der Waals surface area contributed by atoms with Crippen molar-refractivity contribution in [3.63, 3.8) is 0 Å². The summed E-state index contributed by atoms with van der Waals surface area (Å²) in [5, 5.41) is 29.6. The van der Waals surface area contributed by atoms with Gasteiger partial charge in [0.25, 0.3) is 0 Å². The number of anilines is 1. The van der Waals surface area contributed by atoms with Crippen molar-refractivity contribution in [1.82, 2.24) is 15.2 Å². The van der Waals surface area contributed by atoms with Gasteiger partial charge in [-0.3, -0.25) is 5.10 Å². The van der Waals surface area contributed by atoms with E-state index in [1.165, 1.54) is 6.07 Å². The number of aromatic nitrogens is 3. The molecule has 0 aliphatic rings. The Morgan fingerprint density at radius 3 is 2.70 bits per heavy atom. The second kappa shape index (κ2) is 8.27. The molecule has 3 N–H and O–H groups in total. The van der Waals surface area contributed by atoms with Gasteiger partial charge >= 0.3 is 0 Å². The average molecular weight is 416 g/mol. The highest BCUT2D eigenvalue weighted by atomic mass is 35.5. The Bertz CT molecular complexity index is 1260. The predicted octanol–water partition coefficient (Wildman–Crippen LogP) is 5.29. The molecule has 0 bridgehead atoms. The first-order valence-corrected chi connectivity index (χ1v) is 9.65. The molecule has 4 rings (SSSR count). The van der Waals surface area contributed by atoms with E-state index in [9.17, 15) is 5.11 Å². The van der Waals surface area contributed by atoms with Crippen molar-refractivity contribution in [3.8, 4) is 34.2 Å². The molecule has 2 heterocycles. The summed E-state index contributed by atoms with van der Waals surface area (Å²) >= 11 is 6.20. The number of nitriles is 1. The molecule has 0 amide bonds. The van der Waals surface area contributed by atoms with Gasteiger partial charge in [0.2, 0.25) is 0 Å². The quantitative estimate of drug-likeness (QED) is 0.411. The summed E-state index contributed by atoms with van der Waals surface area (Å²) in [5.74, 6) is 0.847. The molecule has 0 unspecified atom stereocenters. The molecule has 2 aromatic heterocycles. The lowest BCUT2D eigenvalue weighted by Gasteiger charge is -2.09. The molecule has 30 heavy (non-hydrogen) atoms. The molecule has 0 aliphatic carbocycles. The molecular weight excluding hydrogens is 398 g/mol. The topological polar surface area (TPSA) is 97.6 Å². The SMILES string of the molecule is Cc1cc(C#N)ccc1-c1ccnc(NCc2cc(-c3ccc(O)cc3Cl)n[nH]2)c1. The number of nitrogens with one attached hydrogen (secondary N) is 2. The number of benzene rings is 2. The van der Waals surface area contributed by atoms with E-state index in [4.69, 9.17) is 16.9 Å². The highest BCUT2D eigenvalue weighted by Gasteiger charge is 2.10. The van der Waals surface area contributed by atoms with Gasteiger partial charge in [-0.25, -0.2) is 4.98 Å². The van der Waals surface area contributed by atoms with Crippen molar-refractivity contribution >= 4 is 17.4 Å². The zero-order chi connectivity index (χ0) is 21.1. The second-order valence-corrected chi connectivity index (χ2v) is 7.27. The van der Waals surface area contributed by atoms with Crippen LogP contribution in [0.2, 0.25) is 5.02 Å². The first kappa shape index (κ1) is 19.5. The van der Waals surface area contributed by atoms with Gasteiger partial charge in [-0.05, 0) is 72.1 Å². The predicted molar refractivity (Wildman–Crippen MR) is 117 cm³/mol. The molecule has 0 radical (unpaired) electrons. The molecule has 6 nitrogen and oxygen atoms in total. The second-order valence-electron chi connectivity index (χ2n) is 6.87. The molecule has 2 aromatic carbocycles. The number of aromatic amines is 1. The maximum absolute atomic E-state index is 9.50. The molecule has 0 saturated heterocycles. The summed E-state index contributed by atoms with van der Waals surface area (Å²) in [6, 6.07) is 18.4. The number of pyridine rings is 1. The summed E-state index contributed by atoms with van der Waals surface area (Å²) in [6.45, 7) is 2.50. The van der Waals surface area contributed by atoms with Gasteiger partial charge in [0.15, 0.2) is 0 Å². The third-order valence-electron chi connectivity index (χ3n) is 4.75. The third kappa shape index (κ3) is 4.12. The molecule has 148 valence electrons. The summed E-state index contributed by atoms with van der Waals surface area (Å²) in [7, 11) is 0. The lowest BCUT2D eigenvalue weighted by atomic mass is 9.99. The normalized spacial score (nSPS) is 10.6. The van der Waals surface area contributed by atoms with Crippen LogP contribution in [0.25, 0.3) is 22.4 Å². The summed E-state index contributed by atoms with van der Waals surface area (Å²) < 4.78 is 0. The Balaban J connectivity index is 1.49. The largest absolute Gasteiger partial charge is 0.508 e. The van der Waals surface area contributed by atoms with Crippen LogP contribution in [-0.4, -0.2) is 20.3 Å². The molecule has 0 aliphatic heterocycles. The monoisotopic (exact) mass is 415 g/mol. The van der Waals surface area contributed by atoms with Gasteiger partial charge in [0.1, 0.15) is 11.6 Å². The van der Waals surface area contributed by atoms with Crippen LogP contribution in [0.3, 0.4) is 0 Å². The Labute approximate surface area is 178 Å². The fourth-order valence-corrected chi connectivity index (χ4v) is 3.51. The van der Waals surface area contributed by atoms with E-state index < -0.39 is 0 Å². The Morgan fingerprint density at radius 2 is 1.93 bits per heavy atom. The Kier molecular flexibility index (Phi) is 5.38. The van der Waals surface area contributed by atoms with E-state index in [0.717, 1.165) is 33.8 Å². The highest BCUT2D eigenvalue weighted by Crippen LogP contribution is 2.30. The fourth-order valence-electron chi connectivity index (χ4n) is 3.24. The van der Waals surface area contributed by atoms with Crippen LogP contribution in [0.5, 0.6) is 5.75 Å². The van der Waals surface area contributed by atoms with Crippen molar-refractivity contribution in [1.29, 1.82) is 5.26 Å². The zero-order valence-electron chi connectivity index (χ0n) is 16.1. The maximum Gasteiger partial charge on any atom is 0.126 e. The molecule has 4 aromatic rings. The number of nitrogens with zero attached hydrogens (tertiary/aromatic N) is 3. The van der Waals surface area contributed by atoms with Gasteiger partial charge in [-0.15, -0.1) is 0 Å². The minimum atomic E-state index is 0.115. The summed E-state index contributed by atoms with van der Waals surface area (Å²) in [5.41, 5.74) is 6.08. The molecular formula is C23H18ClN5O. The number of rotatable bonds is 5. The minimum absolute atomic E-state index is 0.115. The third-order valence-corrected chi connectivity index (χ3v) is 5.06. The van der Waals surface area contributed by atoms with Crippen LogP contribution < -0.4 is 5.32 Å². The first-order valence-electron chi connectivity index (χ1n) is 9.28. The number of H-pyrrole nitrogens is 1. The number of phenolic OH excluding ortho intramolecular Hbond substituents is 1. The van der Waals surface area contributed by atoms with E-state index in [1.807, 2.05) is 43.3 Å². The fraction of sp³-hybridized carbons (Fsp3) is 0.0870. The number of halogens is 1. The smallest absolute Gasteiger partial charge is 0.126 e. The van der Waals surface area contributed by atoms with Crippen molar-refractivity contribution in [2.24, 2.45) is 0 Å². The molecule has 0 spiro atoms. The lowest BCUT2D eigenvalue weighted by Crippen LogP contribution is -2.01. The van der Waals surface area contributed by atoms with E-state index in [1.54, 1.807) is 18.3 Å². The van der Waals surface area contributed by atoms with Crippen molar-refractivity contribution < 1.29 is 5.11 Å². The summed E-state index contributed by atoms with van der Waals surface area (Å²) in [6.07, 6.45) is 1.75. The number of aromatic hydroxyl groups is 1. The first-order chi connectivity index (χ1) is 14.5. The van der Waals surface area contributed by atoms with Crippen LogP contribution in [0.4, 0.5) is 5.82 Å². The average Bonchev–Trinajstić information content (AvgIpc) is 3.21. The zero-order valence-corrected chi connectivity index (χ0v) is 16.9. The van der Waals surface area contributed by atoms with E-state index in [2.05, 4.69) is 26.6 Å². The van der Waals surface area contributed by atoms with Gasteiger partial charge < -0.3 is 10.4 Å². The van der Waals surface area contributed by atoms with Gasteiger partial charge in [0.05, 0.1) is 34.6 Å². The van der Waals surface area contributed by atoms with E-state index >= 15 is 0 Å². The highest BCUT2D eigenvalue weighted by molar-refractivity contribution is 6.33. The minimum Gasteiger partial charge on any atom is -0.508 e. The van der Waals surface area contributed by atoms with Crippen LogP contribution in [0.15, 0.2) is 60.8 Å². The van der Waals surface area contributed by atoms with Crippen molar-refractivity contribution in [2.45, 2.75) is 13.5 Å². The van der Waals surface area contributed by atoms with Crippen LogP contribution >= 0.6 is 11.6 Å². The van der Waals surface area contributed by atoms with Gasteiger partial charge in [-0.1, -0.05) is 17.7 Å². The maximum atomic E-state index is 9.50. The summed E-state index contributed by atoms with van der Waals surface area (Å²) in [4.78, 5) is 4.39. The number of hydrogen-bond acceptors (Lipinski definition) is 5. The number of aryl methyl sites for hydroxylation is 1. The Hall–Kier alpha value is -3.82. The molecule has 7 heteroatoms. The van der Waals surface area contributed by atoms with Crippen LogP contribution in [0.1, 0.15) is 16.8 Å². The van der Waals surface area contributed by atoms with Gasteiger partial charge in [-0.2, -0.15) is 10.4 Å². The van der Waals surface area contributed by atoms with E-state index in [-0.39, 0.29) is 5.75 Å². The van der Waals surface area contributed by atoms with Crippen molar-refractivity contribution in [2.75, 3.05) is 5.32 Å². The lowest BCUT2D eigenvalue weighted by molar-refractivity contribution is 0.475. The molecule has 0 fully saturated rings.